The molecule has 0 aromatic heterocycles. The molecule has 2 aromatic carbocycles. The molecule has 2 atom stereocenters. The SMILES string of the molecule is [B]C(O)(Nc1cccc(C=O)c1CN(C)C(CCC=O)C(=O)NC)c1cc(CN2CC(C)(C)OC(C)(C)C2)ccc1F. The number of rotatable bonds is 13. The maximum Gasteiger partial charge on any atom is 0.237 e. The Morgan fingerprint density at radius 2 is 1.88 bits per heavy atom. The number of ether oxygens (including phenoxy) is 1. The van der Waals surface area contributed by atoms with E-state index in [0.717, 1.165) is 11.8 Å². The van der Waals surface area contributed by atoms with E-state index in [-0.39, 0.29) is 42.1 Å². The molecule has 3 N–H and O–H groups in total. The number of amides is 1. The van der Waals surface area contributed by atoms with Gasteiger partial charge in [0.1, 0.15) is 24.0 Å². The van der Waals surface area contributed by atoms with Gasteiger partial charge in [-0.25, -0.2) is 4.39 Å². The average Bonchev–Trinajstić information content (AvgIpc) is 2.88. The van der Waals surface area contributed by atoms with E-state index in [1.165, 1.54) is 19.2 Å². The summed E-state index contributed by atoms with van der Waals surface area (Å²) in [6.07, 6.45) is 1.87. The van der Waals surface area contributed by atoms with E-state index in [1.807, 2.05) is 27.7 Å². The largest absolute Gasteiger partial charge is 0.376 e. The molecule has 1 fully saturated rings. The van der Waals surface area contributed by atoms with E-state index in [9.17, 15) is 19.5 Å². The number of carbonyl (C=O) groups is 3. The van der Waals surface area contributed by atoms with E-state index in [0.29, 0.717) is 42.7 Å². The van der Waals surface area contributed by atoms with Gasteiger partial charge in [-0.2, -0.15) is 0 Å². The van der Waals surface area contributed by atoms with Gasteiger partial charge in [0.25, 0.3) is 0 Å². The fourth-order valence-corrected chi connectivity index (χ4v) is 5.86. The molecular weight excluding hydrogens is 538 g/mol. The van der Waals surface area contributed by atoms with Gasteiger partial charge in [0, 0.05) is 56.5 Å². The van der Waals surface area contributed by atoms with Crippen molar-refractivity contribution in [3.8, 4) is 0 Å². The Bertz CT molecular complexity index is 1270. The highest BCUT2D eigenvalue weighted by atomic mass is 19.1. The smallest absolute Gasteiger partial charge is 0.237 e. The summed E-state index contributed by atoms with van der Waals surface area (Å²) in [5.74, 6) is -0.976. The first kappa shape index (κ1) is 33.4. The normalized spacial score (nSPS) is 18.6. The zero-order chi connectivity index (χ0) is 31.3. The van der Waals surface area contributed by atoms with E-state index >= 15 is 4.39 Å². The Morgan fingerprint density at radius 3 is 2.48 bits per heavy atom. The number of nitrogens with zero attached hydrogens (tertiary/aromatic N) is 2. The summed E-state index contributed by atoms with van der Waals surface area (Å²) >= 11 is 0. The van der Waals surface area contributed by atoms with Crippen LogP contribution in [0.2, 0.25) is 0 Å². The lowest BCUT2D eigenvalue weighted by Crippen LogP contribution is -2.56. The van der Waals surface area contributed by atoms with E-state index < -0.39 is 17.5 Å². The van der Waals surface area contributed by atoms with Crippen molar-refractivity contribution in [2.45, 2.75) is 76.5 Å². The molecule has 0 bridgehead atoms. The van der Waals surface area contributed by atoms with Crippen LogP contribution in [0.1, 0.15) is 67.6 Å². The highest BCUT2D eigenvalue weighted by Crippen LogP contribution is 2.32. The van der Waals surface area contributed by atoms with Crippen LogP contribution < -0.4 is 10.6 Å². The van der Waals surface area contributed by atoms with Crippen LogP contribution in [0.5, 0.6) is 0 Å². The molecule has 1 aliphatic rings. The molecule has 226 valence electrons. The zero-order valence-corrected chi connectivity index (χ0v) is 25.4. The number of carbonyl (C=O) groups excluding carboxylic acids is 3. The molecule has 3 rings (SSSR count). The Labute approximate surface area is 249 Å². The van der Waals surface area contributed by atoms with Crippen LogP contribution >= 0.6 is 0 Å². The molecule has 2 aromatic rings. The average molecular weight is 581 g/mol. The third-order valence-electron chi connectivity index (χ3n) is 7.32. The number of anilines is 1. The van der Waals surface area contributed by atoms with Gasteiger partial charge in [-0.15, -0.1) is 0 Å². The second kappa shape index (κ2) is 13.5. The van der Waals surface area contributed by atoms with Crippen molar-refractivity contribution in [1.82, 2.24) is 15.1 Å². The van der Waals surface area contributed by atoms with Gasteiger partial charge in [-0.05, 0) is 70.5 Å². The van der Waals surface area contributed by atoms with E-state index in [4.69, 9.17) is 12.6 Å². The third kappa shape index (κ3) is 8.47. The number of halogens is 1. The standard InChI is InChI=1S/C31H42BFN4O5/c1-29(2)19-37(20-30(3,4)42-29)16-21-12-13-25(33)24(15-21)31(32,41)35-26-10-7-9-22(18-39)23(26)17-36(6)27(11-8-14-38)28(40)34-5/h7,9-10,12-15,18,27,35,41H,8,11,16-17,19-20H2,1-6H3,(H,34,40). The van der Waals surface area contributed by atoms with Crippen molar-refractivity contribution in [3.63, 3.8) is 0 Å². The maximum atomic E-state index is 15.1. The third-order valence-corrected chi connectivity index (χ3v) is 7.32. The van der Waals surface area contributed by atoms with E-state index in [1.54, 1.807) is 36.2 Å². The van der Waals surface area contributed by atoms with Gasteiger partial charge in [-0.3, -0.25) is 19.4 Å². The number of nitrogens with one attached hydrogen (secondary N) is 2. The molecule has 1 amide bonds. The van der Waals surface area contributed by atoms with Crippen LogP contribution in [0.3, 0.4) is 0 Å². The molecular formula is C31H42BFN4O5. The minimum absolute atomic E-state index is 0.107. The molecule has 0 saturated carbocycles. The molecule has 0 aliphatic carbocycles. The van der Waals surface area contributed by atoms with Crippen LogP contribution in [-0.2, 0) is 33.0 Å². The van der Waals surface area contributed by atoms with Gasteiger partial charge >= 0.3 is 0 Å². The van der Waals surface area contributed by atoms with Crippen molar-refractivity contribution in [1.29, 1.82) is 0 Å². The summed E-state index contributed by atoms with van der Waals surface area (Å²) in [4.78, 5) is 39.4. The molecule has 1 heterocycles. The highest BCUT2D eigenvalue weighted by Gasteiger charge is 2.38. The summed E-state index contributed by atoms with van der Waals surface area (Å²) < 4.78 is 21.3. The first-order valence-corrected chi connectivity index (χ1v) is 14.0. The molecule has 2 radical (unpaired) electrons. The molecule has 0 spiro atoms. The van der Waals surface area contributed by atoms with Crippen LogP contribution in [0.4, 0.5) is 10.1 Å². The quantitative estimate of drug-likeness (QED) is 0.189. The van der Waals surface area contributed by atoms with Crippen molar-refractivity contribution in [3.05, 3.63) is 64.5 Å². The number of likely N-dealkylation sites (N-methyl/N-ethyl adjacent to an activating group) is 2. The number of aliphatic hydroxyl groups is 1. The van der Waals surface area contributed by atoms with Gasteiger partial charge in [0.2, 0.25) is 5.91 Å². The minimum Gasteiger partial charge on any atom is -0.376 e. The van der Waals surface area contributed by atoms with E-state index in [2.05, 4.69) is 15.5 Å². The lowest BCUT2D eigenvalue weighted by Gasteiger charge is -2.47. The fourth-order valence-electron chi connectivity index (χ4n) is 5.86. The van der Waals surface area contributed by atoms with Gasteiger partial charge in [-0.1, -0.05) is 18.2 Å². The predicted molar refractivity (Wildman–Crippen MR) is 161 cm³/mol. The van der Waals surface area contributed by atoms with Gasteiger partial charge < -0.3 is 25.3 Å². The number of morpholine rings is 1. The van der Waals surface area contributed by atoms with Crippen molar-refractivity contribution >= 4 is 32.0 Å². The number of aldehydes is 2. The summed E-state index contributed by atoms with van der Waals surface area (Å²) in [5.41, 5.74) is -1.41. The summed E-state index contributed by atoms with van der Waals surface area (Å²) in [6, 6.07) is 8.66. The van der Waals surface area contributed by atoms with Crippen LogP contribution in [0.15, 0.2) is 36.4 Å². The Balaban J connectivity index is 1.90. The van der Waals surface area contributed by atoms with Gasteiger partial charge in [0.15, 0.2) is 7.85 Å². The molecule has 1 aliphatic heterocycles. The Hall–Kier alpha value is -3.12. The lowest BCUT2D eigenvalue weighted by atomic mass is 9.82. The molecule has 42 heavy (non-hydrogen) atoms. The Kier molecular flexibility index (Phi) is 10.7. The molecule has 11 heteroatoms. The fraction of sp³-hybridized carbons (Fsp3) is 0.516. The maximum absolute atomic E-state index is 15.1. The van der Waals surface area contributed by atoms with Gasteiger partial charge in [0.05, 0.1) is 17.2 Å². The predicted octanol–water partition coefficient (Wildman–Crippen LogP) is 2.94. The monoisotopic (exact) mass is 580 g/mol. The second-order valence-corrected chi connectivity index (χ2v) is 12.3. The zero-order valence-electron chi connectivity index (χ0n) is 25.4. The second-order valence-electron chi connectivity index (χ2n) is 12.3. The number of hydrogen-bond donors (Lipinski definition) is 3. The minimum atomic E-state index is -2.34. The highest BCUT2D eigenvalue weighted by molar-refractivity contribution is 6.16. The topological polar surface area (TPSA) is 111 Å². The van der Waals surface area contributed by atoms with Crippen LogP contribution in [0, 0.1) is 5.82 Å². The molecule has 9 nitrogen and oxygen atoms in total. The van der Waals surface area contributed by atoms with Crippen LogP contribution in [-0.4, -0.2) is 85.7 Å². The van der Waals surface area contributed by atoms with Crippen molar-refractivity contribution in [2.75, 3.05) is 32.5 Å². The summed E-state index contributed by atoms with van der Waals surface area (Å²) in [5, 5.41) is 16.8. The lowest BCUT2D eigenvalue weighted by molar-refractivity contribution is -0.182. The molecule has 1 saturated heterocycles. The Morgan fingerprint density at radius 1 is 1.21 bits per heavy atom. The van der Waals surface area contributed by atoms with Crippen molar-refractivity contribution in [2.24, 2.45) is 0 Å². The van der Waals surface area contributed by atoms with Crippen molar-refractivity contribution < 1.29 is 28.6 Å². The molecule has 2 unspecified atom stereocenters. The number of benzene rings is 2. The summed E-state index contributed by atoms with van der Waals surface area (Å²) in [6.45, 7) is 10.1. The number of hydrogen-bond acceptors (Lipinski definition) is 8. The summed E-state index contributed by atoms with van der Waals surface area (Å²) in [7, 11) is 9.52. The first-order chi connectivity index (χ1) is 19.6. The van der Waals surface area contributed by atoms with Crippen LogP contribution in [0.25, 0.3) is 0 Å². The first-order valence-electron chi connectivity index (χ1n) is 14.0.